The van der Waals surface area contributed by atoms with Gasteiger partial charge in [0.2, 0.25) is 0 Å². The molecule has 8 heteroatoms. The van der Waals surface area contributed by atoms with Crippen LogP contribution in [0.15, 0.2) is 12.3 Å². The second-order valence-electron chi connectivity index (χ2n) is 7.24. The van der Waals surface area contributed by atoms with Gasteiger partial charge >= 0.3 is 12.1 Å². The predicted molar refractivity (Wildman–Crippen MR) is 92.4 cm³/mol. The number of hydrogen-bond acceptors (Lipinski definition) is 6. The average molecular weight is 352 g/mol. The van der Waals surface area contributed by atoms with Crippen molar-refractivity contribution in [2.24, 2.45) is 0 Å². The van der Waals surface area contributed by atoms with Crippen LogP contribution in [0.1, 0.15) is 38.2 Å². The summed E-state index contributed by atoms with van der Waals surface area (Å²) in [5.41, 5.74) is -0.0375. The second kappa shape index (κ2) is 7.86. The summed E-state index contributed by atoms with van der Waals surface area (Å²) in [7, 11) is 1.36. The van der Waals surface area contributed by atoms with E-state index in [9.17, 15) is 9.59 Å². The SMILES string of the molecule is COC(=O)c1ccnn1CCN1CCN(C(=O)OC(C)(C)C)CC1C. The molecule has 0 saturated carbocycles. The molecule has 1 aromatic rings. The minimum Gasteiger partial charge on any atom is -0.464 e. The summed E-state index contributed by atoms with van der Waals surface area (Å²) < 4.78 is 11.8. The number of amides is 1. The van der Waals surface area contributed by atoms with Gasteiger partial charge in [0.1, 0.15) is 11.3 Å². The topological polar surface area (TPSA) is 76.9 Å². The molecule has 0 N–H and O–H groups in total. The van der Waals surface area contributed by atoms with Crippen molar-refractivity contribution in [2.45, 2.75) is 45.9 Å². The molecule has 0 spiro atoms. The first kappa shape index (κ1) is 19.2. The highest BCUT2D eigenvalue weighted by molar-refractivity contribution is 5.87. The van der Waals surface area contributed by atoms with Crippen LogP contribution < -0.4 is 0 Å². The number of hydrogen-bond donors (Lipinski definition) is 0. The molecule has 1 aliphatic heterocycles. The van der Waals surface area contributed by atoms with Gasteiger partial charge in [-0.15, -0.1) is 0 Å². The Bertz CT molecular complexity index is 608. The Kier molecular flexibility index (Phi) is 6.05. The van der Waals surface area contributed by atoms with Crippen molar-refractivity contribution in [3.8, 4) is 0 Å². The maximum absolute atomic E-state index is 12.2. The largest absolute Gasteiger partial charge is 0.464 e. The molecule has 0 radical (unpaired) electrons. The van der Waals surface area contributed by atoms with Crippen LogP contribution in [0.3, 0.4) is 0 Å². The molecule has 1 fully saturated rings. The molecule has 2 heterocycles. The monoisotopic (exact) mass is 352 g/mol. The summed E-state index contributed by atoms with van der Waals surface area (Å²) in [6.07, 6.45) is 1.33. The van der Waals surface area contributed by atoms with Crippen LogP contribution in [0, 0.1) is 0 Å². The Morgan fingerprint density at radius 1 is 1.28 bits per heavy atom. The molecule has 1 saturated heterocycles. The first-order valence-electron chi connectivity index (χ1n) is 8.53. The minimum absolute atomic E-state index is 0.207. The quantitative estimate of drug-likeness (QED) is 0.766. The molecule has 0 aromatic carbocycles. The normalized spacial score (nSPS) is 18.9. The molecule has 1 aliphatic rings. The molecule has 1 atom stereocenters. The maximum Gasteiger partial charge on any atom is 0.410 e. The van der Waals surface area contributed by atoms with Crippen LogP contribution >= 0.6 is 0 Å². The summed E-state index contributed by atoms with van der Waals surface area (Å²) in [5, 5.41) is 4.18. The van der Waals surface area contributed by atoms with E-state index in [1.165, 1.54) is 7.11 Å². The molecular weight excluding hydrogens is 324 g/mol. The molecule has 1 unspecified atom stereocenters. The van der Waals surface area contributed by atoms with E-state index < -0.39 is 5.60 Å². The van der Waals surface area contributed by atoms with Crippen molar-refractivity contribution in [3.05, 3.63) is 18.0 Å². The van der Waals surface area contributed by atoms with E-state index in [-0.39, 0.29) is 18.1 Å². The van der Waals surface area contributed by atoms with Crippen LogP contribution in [-0.4, -0.2) is 76.6 Å². The Balaban J connectivity index is 1.87. The Labute approximate surface area is 148 Å². The average Bonchev–Trinajstić information content (AvgIpc) is 2.99. The van der Waals surface area contributed by atoms with Gasteiger partial charge in [-0.05, 0) is 33.8 Å². The van der Waals surface area contributed by atoms with Crippen LogP contribution in [0.5, 0.6) is 0 Å². The predicted octanol–water partition coefficient (Wildman–Crippen LogP) is 1.61. The van der Waals surface area contributed by atoms with Gasteiger partial charge in [0.15, 0.2) is 0 Å². The lowest BCUT2D eigenvalue weighted by atomic mass is 10.2. The third-order valence-corrected chi connectivity index (χ3v) is 4.13. The Morgan fingerprint density at radius 2 is 2.00 bits per heavy atom. The smallest absolute Gasteiger partial charge is 0.410 e. The van der Waals surface area contributed by atoms with Gasteiger partial charge in [-0.25, -0.2) is 9.59 Å². The molecule has 25 heavy (non-hydrogen) atoms. The summed E-state index contributed by atoms with van der Waals surface area (Å²) in [6.45, 7) is 11.0. The fourth-order valence-electron chi connectivity index (χ4n) is 2.83. The van der Waals surface area contributed by atoms with E-state index >= 15 is 0 Å². The van der Waals surface area contributed by atoms with Crippen molar-refractivity contribution in [1.29, 1.82) is 0 Å². The first-order chi connectivity index (χ1) is 11.7. The highest BCUT2D eigenvalue weighted by Gasteiger charge is 2.29. The van der Waals surface area contributed by atoms with Gasteiger partial charge in [-0.1, -0.05) is 0 Å². The van der Waals surface area contributed by atoms with E-state index in [0.29, 0.717) is 25.3 Å². The van der Waals surface area contributed by atoms with E-state index in [4.69, 9.17) is 9.47 Å². The molecule has 140 valence electrons. The Hall–Kier alpha value is -2.09. The summed E-state index contributed by atoms with van der Waals surface area (Å²) in [5.74, 6) is -0.389. The van der Waals surface area contributed by atoms with Gasteiger partial charge in [-0.3, -0.25) is 9.58 Å². The summed E-state index contributed by atoms with van der Waals surface area (Å²) >= 11 is 0. The van der Waals surface area contributed by atoms with E-state index in [1.807, 2.05) is 20.8 Å². The van der Waals surface area contributed by atoms with Crippen LogP contribution in [-0.2, 0) is 16.0 Å². The van der Waals surface area contributed by atoms with Crippen LogP contribution in [0.25, 0.3) is 0 Å². The second-order valence-corrected chi connectivity index (χ2v) is 7.24. The zero-order chi connectivity index (χ0) is 18.6. The number of aromatic nitrogens is 2. The summed E-state index contributed by atoms with van der Waals surface area (Å²) in [4.78, 5) is 27.9. The van der Waals surface area contributed by atoms with Gasteiger partial charge in [-0.2, -0.15) is 5.10 Å². The molecule has 1 amide bonds. The fourth-order valence-corrected chi connectivity index (χ4v) is 2.83. The van der Waals surface area contributed by atoms with Gasteiger partial charge < -0.3 is 14.4 Å². The van der Waals surface area contributed by atoms with E-state index in [1.54, 1.807) is 21.8 Å². The lowest BCUT2D eigenvalue weighted by Gasteiger charge is -2.40. The highest BCUT2D eigenvalue weighted by atomic mass is 16.6. The number of piperazine rings is 1. The van der Waals surface area contributed by atoms with Gasteiger partial charge in [0, 0.05) is 38.4 Å². The molecule has 0 aliphatic carbocycles. The number of ether oxygens (including phenoxy) is 2. The third kappa shape index (κ3) is 5.19. The van der Waals surface area contributed by atoms with Crippen molar-refractivity contribution in [2.75, 3.05) is 33.3 Å². The lowest BCUT2D eigenvalue weighted by Crippen LogP contribution is -2.55. The molecule has 0 bridgehead atoms. The zero-order valence-corrected chi connectivity index (χ0v) is 15.7. The molecular formula is C17H28N4O4. The number of nitrogens with zero attached hydrogens (tertiary/aromatic N) is 4. The number of carbonyl (C=O) groups is 2. The van der Waals surface area contributed by atoms with Crippen molar-refractivity contribution >= 4 is 12.1 Å². The fraction of sp³-hybridized carbons (Fsp3) is 0.706. The van der Waals surface area contributed by atoms with Crippen molar-refractivity contribution < 1.29 is 19.1 Å². The maximum atomic E-state index is 12.2. The minimum atomic E-state index is -0.484. The molecule has 8 nitrogen and oxygen atoms in total. The van der Waals surface area contributed by atoms with Crippen molar-refractivity contribution in [3.63, 3.8) is 0 Å². The highest BCUT2D eigenvalue weighted by Crippen LogP contribution is 2.15. The standard InChI is InChI=1S/C17H28N4O4/c1-13-12-20(16(23)25-17(2,3)4)9-8-19(13)10-11-21-14(6-7-18-21)15(22)24-5/h6-7,13H,8-12H2,1-5H3. The number of esters is 1. The van der Waals surface area contributed by atoms with Crippen LogP contribution in [0.2, 0.25) is 0 Å². The number of methoxy groups -OCH3 is 1. The third-order valence-electron chi connectivity index (χ3n) is 4.13. The lowest BCUT2D eigenvalue weighted by molar-refractivity contribution is 0.00515. The van der Waals surface area contributed by atoms with E-state index in [2.05, 4.69) is 16.9 Å². The van der Waals surface area contributed by atoms with Gasteiger partial charge in [0.25, 0.3) is 0 Å². The molecule has 2 rings (SSSR count). The number of carbonyl (C=O) groups excluding carboxylic acids is 2. The van der Waals surface area contributed by atoms with Crippen LogP contribution in [0.4, 0.5) is 4.79 Å². The summed E-state index contributed by atoms with van der Waals surface area (Å²) in [6, 6.07) is 1.86. The zero-order valence-electron chi connectivity index (χ0n) is 15.7. The van der Waals surface area contributed by atoms with Crippen molar-refractivity contribution in [1.82, 2.24) is 19.6 Å². The molecule has 1 aromatic heterocycles. The van der Waals surface area contributed by atoms with Gasteiger partial charge in [0.05, 0.1) is 13.7 Å². The number of rotatable bonds is 4. The first-order valence-corrected chi connectivity index (χ1v) is 8.53. The van der Waals surface area contributed by atoms with E-state index in [0.717, 1.165) is 13.1 Å². The Morgan fingerprint density at radius 3 is 2.60 bits per heavy atom.